The fourth-order valence-corrected chi connectivity index (χ4v) is 2.75. The van der Waals surface area contributed by atoms with Crippen LogP contribution in [0.5, 0.6) is 0 Å². The summed E-state index contributed by atoms with van der Waals surface area (Å²) in [6.07, 6.45) is 1.15. The fraction of sp³-hybridized carbons (Fsp3) is 0.353. The minimum Gasteiger partial charge on any atom is -0.352 e. The van der Waals surface area contributed by atoms with E-state index in [4.69, 9.17) is 0 Å². The first-order valence-electron chi connectivity index (χ1n) is 7.22. The summed E-state index contributed by atoms with van der Waals surface area (Å²) in [5, 5.41) is 6.15. The second kappa shape index (κ2) is 5.53. The van der Waals surface area contributed by atoms with Gasteiger partial charge < -0.3 is 10.2 Å². The minimum absolute atomic E-state index is 0.823. The number of fused-ring (bicyclic) bond motifs is 1. The van der Waals surface area contributed by atoms with Crippen LogP contribution in [0.15, 0.2) is 41.4 Å². The van der Waals surface area contributed by atoms with E-state index < -0.39 is 0 Å². The van der Waals surface area contributed by atoms with Crippen LogP contribution in [0, 0.1) is 6.92 Å². The number of hydrogen-bond donors (Lipinski definition) is 1. The van der Waals surface area contributed by atoms with Crippen LogP contribution in [0.2, 0.25) is 0 Å². The molecule has 3 heteroatoms. The van der Waals surface area contributed by atoms with Crippen LogP contribution in [0.25, 0.3) is 10.8 Å². The summed E-state index contributed by atoms with van der Waals surface area (Å²) < 4.78 is 0. The molecule has 1 heterocycles. The first-order valence-corrected chi connectivity index (χ1v) is 7.22. The summed E-state index contributed by atoms with van der Waals surface area (Å²) in [5.74, 6) is 1.01. The number of rotatable bonds is 2. The van der Waals surface area contributed by atoms with E-state index in [0.29, 0.717) is 0 Å². The third-order valence-electron chi connectivity index (χ3n) is 3.94. The molecule has 20 heavy (non-hydrogen) atoms. The Balaban J connectivity index is 1.85. The van der Waals surface area contributed by atoms with E-state index in [-0.39, 0.29) is 0 Å². The molecule has 0 unspecified atom stereocenters. The van der Waals surface area contributed by atoms with Gasteiger partial charge in [0.2, 0.25) is 0 Å². The molecule has 0 fully saturated rings. The molecule has 2 aromatic carbocycles. The Bertz CT molecular complexity index is 646. The van der Waals surface area contributed by atoms with Gasteiger partial charge in [-0.1, -0.05) is 36.4 Å². The van der Waals surface area contributed by atoms with Gasteiger partial charge in [-0.2, -0.15) is 0 Å². The van der Waals surface area contributed by atoms with Crippen LogP contribution in [-0.2, 0) is 6.54 Å². The van der Waals surface area contributed by atoms with Gasteiger partial charge in [-0.25, -0.2) is 0 Å². The van der Waals surface area contributed by atoms with Gasteiger partial charge in [0.25, 0.3) is 0 Å². The summed E-state index contributed by atoms with van der Waals surface area (Å²) in [5.41, 5.74) is 2.66. The smallest absolute Gasteiger partial charge is 0.193 e. The van der Waals surface area contributed by atoms with Gasteiger partial charge in [0.1, 0.15) is 0 Å². The van der Waals surface area contributed by atoms with Gasteiger partial charge in [0.05, 0.1) is 0 Å². The molecule has 1 N–H and O–H groups in total. The van der Waals surface area contributed by atoms with Gasteiger partial charge in [0.15, 0.2) is 5.96 Å². The second-order valence-electron chi connectivity index (χ2n) is 5.42. The van der Waals surface area contributed by atoms with Crippen molar-refractivity contribution >= 4 is 16.7 Å². The molecule has 0 radical (unpaired) electrons. The zero-order valence-corrected chi connectivity index (χ0v) is 12.2. The molecule has 3 rings (SSSR count). The highest BCUT2D eigenvalue weighted by atomic mass is 15.3. The Morgan fingerprint density at radius 1 is 1.15 bits per heavy atom. The summed E-state index contributed by atoms with van der Waals surface area (Å²) in [6.45, 7) is 5.00. The molecule has 0 aliphatic carbocycles. The number of aliphatic imine (C=N–C) groups is 1. The average Bonchev–Trinajstić information content (AvgIpc) is 2.48. The van der Waals surface area contributed by atoms with Gasteiger partial charge in [-0.15, -0.1) is 0 Å². The van der Waals surface area contributed by atoms with Crippen molar-refractivity contribution in [2.75, 3.05) is 20.1 Å². The molecular weight excluding hydrogens is 246 g/mol. The normalized spacial score (nSPS) is 15.3. The first-order chi connectivity index (χ1) is 9.75. The van der Waals surface area contributed by atoms with Crippen LogP contribution >= 0.6 is 0 Å². The standard InChI is InChI=1S/C17H21N3/c1-13-8-9-14(16-7-4-3-6-15(13)16)12-19-17-18-10-5-11-20(17)2/h3-4,6-9H,5,10-12H2,1-2H3,(H,18,19). The van der Waals surface area contributed by atoms with E-state index in [0.717, 1.165) is 32.0 Å². The van der Waals surface area contributed by atoms with Crippen molar-refractivity contribution in [3.8, 4) is 0 Å². The Morgan fingerprint density at radius 2 is 1.95 bits per heavy atom. The van der Waals surface area contributed by atoms with Gasteiger partial charge >= 0.3 is 0 Å². The van der Waals surface area contributed by atoms with Gasteiger partial charge in [0, 0.05) is 26.7 Å². The SMILES string of the molecule is Cc1ccc(CNC2=NCCCN2C)c2ccccc12. The van der Waals surface area contributed by atoms with E-state index in [1.165, 1.54) is 21.9 Å². The highest BCUT2D eigenvalue weighted by Crippen LogP contribution is 2.22. The van der Waals surface area contributed by atoms with E-state index in [9.17, 15) is 0 Å². The zero-order valence-electron chi connectivity index (χ0n) is 12.2. The fourth-order valence-electron chi connectivity index (χ4n) is 2.75. The molecule has 3 nitrogen and oxygen atoms in total. The third kappa shape index (κ3) is 2.48. The Morgan fingerprint density at radius 3 is 2.75 bits per heavy atom. The molecule has 0 saturated heterocycles. The van der Waals surface area contributed by atoms with Crippen LogP contribution in [0.1, 0.15) is 17.5 Å². The second-order valence-corrected chi connectivity index (χ2v) is 5.42. The van der Waals surface area contributed by atoms with E-state index in [1.54, 1.807) is 0 Å². The number of nitrogens with one attached hydrogen (secondary N) is 1. The molecule has 2 aromatic rings. The van der Waals surface area contributed by atoms with Crippen molar-refractivity contribution in [1.82, 2.24) is 10.2 Å². The van der Waals surface area contributed by atoms with Crippen molar-refractivity contribution in [1.29, 1.82) is 0 Å². The van der Waals surface area contributed by atoms with Gasteiger partial charge in [-0.05, 0) is 35.2 Å². The van der Waals surface area contributed by atoms with Crippen molar-refractivity contribution in [2.24, 2.45) is 4.99 Å². The number of benzene rings is 2. The molecule has 0 atom stereocenters. The minimum atomic E-state index is 0.823. The monoisotopic (exact) mass is 267 g/mol. The van der Waals surface area contributed by atoms with E-state index in [2.05, 4.69) is 65.6 Å². The number of hydrogen-bond acceptors (Lipinski definition) is 3. The average molecular weight is 267 g/mol. The quantitative estimate of drug-likeness (QED) is 0.906. The Kier molecular flexibility index (Phi) is 3.59. The zero-order chi connectivity index (χ0) is 13.9. The molecule has 1 aliphatic heterocycles. The van der Waals surface area contributed by atoms with Crippen LogP contribution in [0.3, 0.4) is 0 Å². The predicted octanol–water partition coefficient (Wildman–Crippen LogP) is 2.93. The third-order valence-corrected chi connectivity index (χ3v) is 3.94. The molecule has 0 bridgehead atoms. The lowest BCUT2D eigenvalue weighted by atomic mass is 10.0. The largest absolute Gasteiger partial charge is 0.352 e. The van der Waals surface area contributed by atoms with Crippen molar-refractivity contribution in [3.05, 3.63) is 47.5 Å². The highest BCUT2D eigenvalue weighted by Gasteiger charge is 2.11. The summed E-state index contributed by atoms with van der Waals surface area (Å²) >= 11 is 0. The maximum absolute atomic E-state index is 4.55. The number of aryl methyl sites for hydroxylation is 1. The summed E-state index contributed by atoms with van der Waals surface area (Å²) in [7, 11) is 2.10. The highest BCUT2D eigenvalue weighted by molar-refractivity contribution is 5.89. The first kappa shape index (κ1) is 13.0. The van der Waals surface area contributed by atoms with E-state index >= 15 is 0 Å². The van der Waals surface area contributed by atoms with E-state index in [1.807, 2.05) is 0 Å². The maximum Gasteiger partial charge on any atom is 0.193 e. The van der Waals surface area contributed by atoms with Crippen LogP contribution in [0.4, 0.5) is 0 Å². The molecular formula is C17H21N3. The summed E-state index contributed by atoms with van der Waals surface area (Å²) in [6, 6.07) is 13.0. The van der Waals surface area contributed by atoms with Crippen LogP contribution in [-0.4, -0.2) is 31.0 Å². The molecule has 0 spiro atoms. The summed E-state index contributed by atoms with van der Waals surface area (Å²) in [4.78, 5) is 6.75. The molecule has 0 saturated carbocycles. The lowest BCUT2D eigenvalue weighted by Crippen LogP contribution is -2.41. The van der Waals surface area contributed by atoms with Gasteiger partial charge in [-0.3, -0.25) is 4.99 Å². The Hall–Kier alpha value is -2.03. The predicted molar refractivity (Wildman–Crippen MR) is 85.1 cm³/mol. The van der Waals surface area contributed by atoms with Crippen molar-refractivity contribution in [3.63, 3.8) is 0 Å². The lowest BCUT2D eigenvalue weighted by Gasteiger charge is -2.26. The Labute approximate surface area is 120 Å². The molecule has 0 aromatic heterocycles. The molecule has 1 aliphatic rings. The number of guanidine groups is 1. The lowest BCUT2D eigenvalue weighted by molar-refractivity contribution is 0.446. The maximum atomic E-state index is 4.55. The van der Waals surface area contributed by atoms with Crippen molar-refractivity contribution < 1.29 is 0 Å². The van der Waals surface area contributed by atoms with Crippen molar-refractivity contribution in [2.45, 2.75) is 19.9 Å². The molecule has 0 amide bonds. The molecule has 104 valence electrons. The number of nitrogens with zero attached hydrogens (tertiary/aromatic N) is 2. The topological polar surface area (TPSA) is 27.6 Å². The van der Waals surface area contributed by atoms with Crippen LogP contribution < -0.4 is 5.32 Å².